The highest BCUT2D eigenvalue weighted by atomic mass is 35.5. The van der Waals surface area contributed by atoms with Crippen LogP contribution in [0.1, 0.15) is 42.5 Å². The summed E-state index contributed by atoms with van der Waals surface area (Å²) in [5.74, 6) is -1.53. The van der Waals surface area contributed by atoms with Crippen molar-refractivity contribution in [2.24, 2.45) is 0 Å². The van der Waals surface area contributed by atoms with E-state index in [9.17, 15) is 18.0 Å². The van der Waals surface area contributed by atoms with Gasteiger partial charge in [-0.3, -0.25) is 9.59 Å². The highest BCUT2D eigenvalue weighted by Gasteiger charge is 2.54. The summed E-state index contributed by atoms with van der Waals surface area (Å²) in [5.41, 5.74) is 1.80. The van der Waals surface area contributed by atoms with Gasteiger partial charge in [0, 0.05) is 0 Å². The molecule has 0 aliphatic heterocycles. The van der Waals surface area contributed by atoms with Crippen LogP contribution in [0.3, 0.4) is 0 Å². The van der Waals surface area contributed by atoms with Crippen molar-refractivity contribution in [2.75, 3.05) is 11.9 Å². The van der Waals surface area contributed by atoms with Crippen LogP contribution in [-0.4, -0.2) is 36.6 Å². The first-order valence-electron chi connectivity index (χ1n) is 10.1. The summed E-state index contributed by atoms with van der Waals surface area (Å²) in [6.45, 7) is 4.47. The SMILES string of the molecule is Cc1ccc(C)c(S(=O)(=O)C2(C(=O)OCC(=O)Nc3nc(C)c(Cl)cc3Cl)CCCC2)c1. The Morgan fingerprint density at radius 3 is 2.41 bits per heavy atom. The molecular weight excluding hydrogens is 475 g/mol. The van der Waals surface area contributed by atoms with Gasteiger partial charge in [0.15, 0.2) is 27.0 Å². The topological polar surface area (TPSA) is 102 Å². The van der Waals surface area contributed by atoms with Crippen molar-refractivity contribution >= 4 is 50.7 Å². The van der Waals surface area contributed by atoms with Crippen LogP contribution in [0, 0.1) is 20.8 Å². The molecule has 1 aromatic carbocycles. The zero-order chi connectivity index (χ0) is 23.7. The van der Waals surface area contributed by atoms with E-state index in [1.807, 2.05) is 6.07 Å². The molecule has 2 aromatic rings. The quantitative estimate of drug-likeness (QED) is 0.584. The van der Waals surface area contributed by atoms with Crippen molar-refractivity contribution in [1.82, 2.24) is 4.98 Å². The molecule has 1 aromatic heterocycles. The van der Waals surface area contributed by atoms with E-state index in [1.54, 1.807) is 32.9 Å². The van der Waals surface area contributed by atoms with Gasteiger partial charge < -0.3 is 10.1 Å². The number of pyridine rings is 1. The van der Waals surface area contributed by atoms with Crippen LogP contribution in [0.2, 0.25) is 10.0 Å². The summed E-state index contributed by atoms with van der Waals surface area (Å²) in [7, 11) is -4.03. The average molecular weight is 499 g/mol. The van der Waals surface area contributed by atoms with Crippen LogP contribution >= 0.6 is 23.2 Å². The molecule has 0 atom stereocenters. The number of ether oxygens (including phenoxy) is 1. The number of aryl methyl sites for hydroxylation is 3. The number of carbonyl (C=O) groups is 2. The number of halogens is 2. The smallest absolute Gasteiger partial charge is 0.328 e. The molecule has 3 rings (SSSR count). The van der Waals surface area contributed by atoms with Gasteiger partial charge in [0.05, 0.1) is 20.6 Å². The summed E-state index contributed by atoms with van der Waals surface area (Å²) >= 11 is 12.0. The van der Waals surface area contributed by atoms with E-state index in [-0.39, 0.29) is 28.6 Å². The maximum Gasteiger partial charge on any atom is 0.328 e. The first-order valence-corrected chi connectivity index (χ1v) is 12.3. The number of anilines is 1. The van der Waals surface area contributed by atoms with Gasteiger partial charge >= 0.3 is 5.97 Å². The largest absolute Gasteiger partial charge is 0.454 e. The number of sulfone groups is 1. The van der Waals surface area contributed by atoms with Crippen molar-refractivity contribution in [3.8, 4) is 0 Å². The van der Waals surface area contributed by atoms with Gasteiger partial charge in [0.1, 0.15) is 0 Å². The second-order valence-corrected chi connectivity index (χ2v) is 11.0. The fourth-order valence-electron chi connectivity index (χ4n) is 3.81. The molecule has 0 radical (unpaired) electrons. The maximum atomic E-state index is 13.6. The second-order valence-electron chi connectivity index (χ2n) is 7.98. The molecule has 0 saturated heterocycles. The molecule has 0 spiro atoms. The Kier molecular flexibility index (Phi) is 7.17. The van der Waals surface area contributed by atoms with Crippen LogP contribution in [0.5, 0.6) is 0 Å². The van der Waals surface area contributed by atoms with Crippen LogP contribution < -0.4 is 5.32 Å². The monoisotopic (exact) mass is 498 g/mol. The minimum Gasteiger partial charge on any atom is -0.454 e. The molecule has 0 unspecified atom stereocenters. The molecule has 0 bridgehead atoms. The van der Waals surface area contributed by atoms with E-state index >= 15 is 0 Å². The van der Waals surface area contributed by atoms with Crippen molar-refractivity contribution in [2.45, 2.75) is 56.1 Å². The number of aromatic nitrogens is 1. The molecule has 1 amide bonds. The van der Waals surface area contributed by atoms with E-state index in [1.165, 1.54) is 6.07 Å². The number of hydrogen-bond donors (Lipinski definition) is 1. The molecule has 172 valence electrons. The number of carbonyl (C=O) groups excluding carboxylic acids is 2. The van der Waals surface area contributed by atoms with Gasteiger partial charge in [-0.25, -0.2) is 13.4 Å². The van der Waals surface area contributed by atoms with E-state index in [0.717, 1.165) is 5.56 Å². The van der Waals surface area contributed by atoms with E-state index in [0.29, 0.717) is 29.1 Å². The van der Waals surface area contributed by atoms with Gasteiger partial charge in [0.2, 0.25) is 0 Å². The number of esters is 1. The van der Waals surface area contributed by atoms with Gasteiger partial charge in [-0.2, -0.15) is 0 Å². The summed E-state index contributed by atoms with van der Waals surface area (Å²) in [5, 5.41) is 2.93. The minimum atomic E-state index is -4.03. The van der Waals surface area contributed by atoms with Crippen molar-refractivity contribution in [3.63, 3.8) is 0 Å². The first-order chi connectivity index (χ1) is 15.0. The maximum absolute atomic E-state index is 13.6. The lowest BCUT2D eigenvalue weighted by atomic mass is 10.1. The van der Waals surface area contributed by atoms with E-state index < -0.39 is 33.1 Å². The lowest BCUT2D eigenvalue weighted by Gasteiger charge is -2.27. The summed E-state index contributed by atoms with van der Waals surface area (Å²) in [4.78, 5) is 29.6. The minimum absolute atomic E-state index is 0.0770. The third kappa shape index (κ3) is 4.63. The molecule has 7 nitrogen and oxygen atoms in total. The average Bonchev–Trinajstić information content (AvgIpc) is 3.24. The highest BCUT2D eigenvalue weighted by Crippen LogP contribution is 2.42. The van der Waals surface area contributed by atoms with Crippen LogP contribution in [0.15, 0.2) is 29.2 Å². The number of hydrogen-bond acceptors (Lipinski definition) is 6. The molecule has 1 aliphatic rings. The van der Waals surface area contributed by atoms with Gasteiger partial charge in [-0.05, 0) is 56.9 Å². The molecule has 1 N–H and O–H groups in total. The number of amides is 1. The molecule has 10 heteroatoms. The first kappa shape index (κ1) is 24.5. The van der Waals surface area contributed by atoms with Crippen LogP contribution in [0.4, 0.5) is 5.82 Å². The second kappa shape index (κ2) is 9.37. The van der Waals surface area contributed by atoms with E-state index in [4.69, 9.17) is 27.9 Å². The molecule has 1 saturated carbocycles. The zero-order valence-electron chi connectivity index (χ0n) is 18.0. The third-order valence-electron chi connectivity index (χ3n) is 5.63. The molecule has 1 heterocycles. The standard InChI is InChI=1S/C22H24Cl2N2O5S/c1-13-6-7-14(2)18(10-13)32(29,30)22(8-4-5-9-22)21(28)31-12-19(27)26-20-17(24)11-16(23)15(3)25-20/h6-7,10-11H,4-5,8-9,12H2,1-3H3,(H,25,26,27). The summed E-state index contributed by atoms with van der Waals surface area (Å²) in [6, 6.07) is 6.54. The summed E-state index contributed by atoms with van der Waals surface area (Å²) < 4.78 is 30.7. The highest BCUT2D eigenvalue weighted by molar-refractivity contribution is 7.93. The van der Waals surface area contributed by atoms with Gasteiger partial charge in [-0.15, -0.1) is 0 Å². The Bertz CT molecular complexity index is 1180. The van der Waals surface area contributed by atoms with Crippen LogP contribution in [-0.2, 0) is 24.2 Å². The van der Waals surface area contributed by atoms with Gasteiger partial charge in [0.25, 0.3) is 5.91 Å². The normalized spacial score (nSPS) is 15.4. The van der Waals surface area contributed by atoms with Gasteiger partial charge in [-0.1, -0.05) is 48.2 Å². The Morgan fingerprint density at radius 1 is 1.09 bits per heavy atom. The molecular formula is C22H24Cl2N2O5S. The molecule has 32 heavy (non-hydrogen) atoms. The van der Waals surface area contributed by atoms with Crippen molar-refractivity contribution < 1.29 is 22.7 Å². The predicted octanol–water partition coefficient (Wildman–Crippen LogP) is 4.58. The van der Waals surface area contributed by atoms with Crippen molar-refractivity contribution in [1.29, 1.82) is 0 Å². The number of nitrogens with one attached hydrogen (secondary N) is 1. The number of nitrogens with zero attached hydrogens (tertiary/aromatic N) is 1. The third-order valence-corrected chi connectivity index (χ3v) is 8.92. The predicted molar refractivity (Wildman–Crippen MR) is 123 cm³/mol. The molecule has 1 aliphatic carbocycles. The van der Waals surface area contributed by atoms with Crippen molar-refractivity contribution in [3.05, 3.63) is 51.1 Å². The fourth-order valence-corrected chi connectivity index (χ4v) is 6.58. The Balaban J connectivity index is 1.79. The fraction of sp³-hybridized carbons (Fsp3) is 0.409. The lowest BCUT2D eigenvalue weighted by Crippen LogP contribution is -2.46. The van der Waals surface area contributed by atoms with Crippen LogP contribution in [0.25, 0.3) is 0 Å². The van der Waals surface area contributed by atoms with E-state index in [2.05, 4.69) is 10.3 Å². The Hall–Kier alpha value is -2.16. The zero-order valence-corrected chi connectivity index (χ0v) is 20.3. The summed E-state index contributed by atoms with van der Waals surface area (Å²) in [6.07, 6.45) is 1.45. The Morgan fingerprint density at radius 2 is 1.75 bits per heavy atom. The lowest BCUT2D eigenvalue weighted by molar-refractivity contribution is -0.150. The number of benzene rings is 1. The molecule has 1 fully saturated rings. The number of rotatable bonds is 6. The Labute approximate surface area is 197 Å².